The highest BCUT2D eigenvalue weighted by atomic mass is 16.5. The number of aromatic nitrogens is 2. The Hall–Kier alpha value is -1.68. The summed E-state index contributed by atoms with van der Waals surface area (Å²) in [5.41, 5.74) is 2.49. The van der Waals surface area contributed by atoms with Crippen LogP contribution in [0.3, 0.4) is 0 Å². The van der Waals surface area contributed by atoms with Crippen LogP contribution >= 0.6 is 0 Å². The van der Waals surface area contributed by atoms with Crippen molar-refractivity contribution in [2.75, 3.05) is 13.2 Å². The molecule has 0 radical (unpaired) electrons. The molecule has 4 nitrogen and oxygen atoms in total. The number of fused-ring (bicyclic) bond motifs is 1. The van der Waals surface area contributed by atoms with E-state index in [4.69, 9.17) is 4.74 Å². The van der Waals surface area contributed by atoms with E-state index >= 15 is 0 Å². The van der Waals surface area contributed by atoms with Gasteiger partial charge in [0, 0.05) is 18.7 Å². The summed E-state index contributed by atoms with van der Waals surface area (Å²) < 4.78 is 7.31. The third kappa shape index (κ3) is 1.85. The Bertz CT molecular complexity index is 541. The molecule has 4 heteroatoms. The molecular weight excluding hydrogens is 216 g/mol. The van der Waals surface area contributed by atoms with Crippen LogP contribution in [0, 0.1) is 0 Å². The summed E-state index contributed by atoms with van der Waals surface area (Å²) in [6.07, 6.45) is 5.01. The molecule has 0 N–H and O–H groups in total. The van der Waals surface area contributed by atoms with E-state index in [2.05, 4.69) is 4.98 Å². The zero-order valence-electron chi connectivity index (χ0n) is 9.50. The van der Waals surface area contributed by atoms with Crippen LogP contribution in [-0.2, 0) is 4.74 Å². The Morgan fingerprint density at radius 1 is 1.47 bits per heavy atom. The van der Waals surface area contributed by atoms with Gasteiger partial charge in [-0.05, 0) is 25.0 Å². The van der Waals surface area contributed by atoms with E-state index < -0.39 is 0 Å². The van der Waals surface area contributed by atoms with Crippen molar-refractivity contribution in [2.45, 2.75) is 18.8 Å². The zero-order valence-corrected chi connectivity index (χ0v) is 9.50. The molecule has 3 rings (SSSR count). The van der Waals surface area contributed by atoms with Crippen molar-refractivity contribution in [3.05, 3.63) is 35.8 Å². The summed E-state index contributed by atoms with van der Waals surface area (Å²) in [6.45, 7) is 1.59. The molecule has 0 aromatic carbocycles. The van der Waals surface area contributed by atoms with E-state index in [0.717, 1.165) is 43.7 Å². The number of nitrogens with zero attached hydrogens (tertiary/aromatic N) is 2. The Kier molecular flexibility index (Phi) is 2.65. The van der Waals surface area contributed by atoms with Crippen molar-refractivity contribution < 1.29 is 9.53 Å². The smallest absolute Gasteiger partial charge is 0.166 e. The van der Waals surface area contributed by atoms with E-state index in [0.29, 0.717) is 11.6 Å². The summed E-state index contributed by atoms with van der Waals surface area (Å²) >= 11 is 0. The second-order valence-electron chi connectivity index (χ2n) is 4.38. The second kappa shape index (κ2) is 4.30. The van der Waals surface area contributed by atoms with Gasteiger partial charge in [0.1, 0.15) is 5.65 Å². The topological polar surface area (TPSA) is 43.6 Å². The lowest BCUT2D eigenvalue weighted by Gasteiger charge is -2.19. The second-order valence-corrected chi connectivity index (χ2v) is 4.38. The number of imidazole rings is 1. The van der Waals surface area contributed by atoms with Gasteiger partial charge in [0.05, 0.1) is 18.0 Å². The van der Waals surface area contributed by atoms with Crippen LogP contribution < -0.4 is 0 Å². The van der Waals surface area contributed by atoms with Crippen LogP contribution in [0.25, 0.3) is 5.65 Å². The maximum absolute atomic E-state index is 10.9. The first-order chi connectivity index (χ1) is 8.38. The van der Waals surface area contributed by atoms with Gasteiger partial charge >= 0.3 is 0 Å². The first kappa shape index (κ1) is 10.5. The molecule has 88 valence electrons. The molecule has 0 saturated carbocycles. The summed E-state index contributed by atoms with van der Waals surface area (Å²) in [4.78, 5) is 15.5. The van der Waals surface area contributed by atoms with Gasteiger partial charge in [-0.2, -0.15) is 0 Å². The third-order valence-electron chi connectivity index (χ3n) is 3.24. The molecule has 17 heavy (non-hydrogen) atoms. The molecule has 1 unspecified atom stereocenters. The Labute approximate surface area is 99.2 Å². The molecule has 1 aliphatic heterocycles. The van der Waals surface area contributed by atoms with Crippen LogP contribution in [-0.4, -0.2) is 28.9 Å². The van der Waals surface area contributed by atoms with Crippen molar-refractivity contribution in [2.24, 2.45) is 0 Å². The van der Waals surface area contributed by atoms with Gasteiger partial charge in [-0.25, -0.2) is 4.98 Å². The molecule has 1 saturated heterocycles. The van der Waals surface area contributed by atoms with E-state index in [1.54, 1.807) is 6.07 Å². The fourth-order valence-corrected chi connectivity index (χ4v) is 2.32. The highest BCUT2D eigenvalue weighted by molar-refractivity contribution is 5.73. The van der Waals surface area contributed by atoms with Crippen molar-refractivity contribution in [3.8, 4) is 0 Å². The molecule has 0 aliphatic carbocycles. The van der Waals surface area contributed by atoms with Crippen LogP contribution in [0.5, 0.6) is 0 Å². The van der Waals surface area contributed by atoms with E-state index in [9.17, 15) is 4.79 Å². The number of pyridine rings is 1. The fourth-order valence-electron chi connectivity index (χ4n) is 2.32. The molecule has 0 amide bonds. The molecule has 2 aromatic rings. The van der Waals surface area contributed by atoms with Gasteiger partial charge in [0.15, 0.2) is 6.29 Å². The first-order valence-electron chi connectivity index (χ1n) is 5.89. The number of carbonyl (C=O) groups excluding carboxylic acids is 1. The molecule has 0 bridgehead atoms. The summed E-state index contributed by atoms with van der Waals surface area (Å²) in [7, 11) is 0. The SMILES string of the molecule is O=Cc1cccc2nc(C3CCCOC3)cn12. The van der Waals surface area contributed by atoms with Crippen LogP contribution in [0.4, 0.5) is 0 Å². The van der Waals surface area contributed by atoms with Gasteiger partial charge in [-0.3, -0.25) is 9.20 Å². The maximum Gasteiger partial charge on any atom is 0.166 e. The van der Waals surface area contributed by atoms with E-state index in [1.165, 1.54) is 0 Å². The first-order valence-corrected chi connectivity index (χ1v) is 5.89. The molecule has 3 heterocycles. The maximum atomic E-state index is 10.9. The predicted molar refractivity (Wildman–Crippen MR) is 63.4 cm³/mol. The summed E-state index contributed by atoms with van der Waals surface area (Å²) in [6, 6.07) is 5.57. The van der Waals surface area contributed by atoms with E-state index in [-0.39, 0.29) is 0 Å². The Morgan fingerprint density at radius 2 is 2.41 bits per heavy atom. The Morgan fingerprint density at radius 3 is 3.18 bits per heavy atom. The lowest BCUT2D eigenvalue weighted by Crippen LogP contribution is -2.15. The van der Waals surface area contributed by atoms with Crippen molar-refractivity contribution in [3.63, 3.8) is 0 Å². The quantitative estimate of drug-likeness (QED) is 0.741. The van der Waals surface area contributed by atoms with Gasteiger partial charge in [0.2, 0.25) is 0 Å². The summed E-state index contributed by atoms with van der Waals surface area (Å²) in [5, 5.41) is 0. The third-order valence-corrected chi connectivity index (χ3v) is 3.24. The molecule has 1 fully saturated rings. The minimum absolute atomic E-state index is 0.364. The largest absolute Gasteiger partial charge is 0.381 e. The van der Waals surface area contributed by atoms with Crippen molar-refractivity contribution in [1.29, 1.82) is 0 Å². The number of ether oxygens (including phenoxy) is 1. The van der Waals surface area contributed by atoms with E-state index in [1.807, 2.05) is 22.7 Å². The van der Waals surface area contributed by atoms with Gasteiger partial charge in [0.25, 0.3) is 0 Å². The average Bonchev–Trinajstić information content (AvgIpc) is 2.83. The molecule has 1 atom stereocenters. The van der Waals surface area contributed by atoms with Crippen molar-refractivity contribution in [1.82, 2.24) is 9.38 Å². The molecule has 1 aliphatic rings. The molecular formula is C13H14N2O2. The van der Waals surface area contributed by atoms with Crippen LogP contribution in [0.15, 0.2) is 24.4 Å². The average molecular weight is 230 g/mol. The number of aldehydes is 1. The number of hydrogen-bond donors (Lipinski definition) is 0. The zero-order chi connectivity index (χ0) is 11.7. The molecule has 0 spiro atoms. The standard InChI is InChI=1S/C13H14N2O2/c16-8-11-4-1-5-13-14-12(7-15(11)13)10-3-2-6-17-9-10/h1,4-5,7-8,10H,2-3,6,9H2. The van der Waals surface area contributed by atoms with Gasteiger partial charge in [-0.15, -0.1) is 0 Å². The molecule has 2 aromatic heterocycles. The summed E-state index contributed by atoms with van der Waals surface area (Å²) in [5.74, 6) is 0.364. The van der Waals surface area contributed by atoms with Crippen LogP contribution in [0.2, 0.25) is 0 Å². The van der Waals surface area contributed by atoms with Crippen LogP contribution in [0.1, 0.15) is 34.9 Å². The highest BCUT2D eigenvalue weighted by Crippen LogP contribution is 2.25. The van der Waals surface area contributed by atoms with Gasteiger partial charge in [-0.1, -0.05) is 6.07 Å². The number of hydrogen-bond acceptors (Lipinski definition) is 3. The normalized spacial score (nSPS) is 20.6. The highest BCUT2D eigenvalue weighted by Gasteiger charge is 2.19. The monoisotopic (exact) mass is 230 g/mol. The predicted octanol–water partition coefficient (Wildman–Crippen LogP) is 2.04. The lowest BCUT2D eigenvalue weighted by atomic mass is 9.99. The van der Waals surface area contributed by atoms with Crippen molar-refractivity contribution >= 4 is 11.9 Å². The number of carbonyl (C=O) groups is 1. The number of rotatable bonds is 2. The minimum Gasteiger partial charge on any atom is -0.381 e. The lowest BCUT2D eigenvalue weighted by molar-refractivity contribution is 0.0794. The fraction of sp³-hybridized carbons (Fsp3) is 0.385. The van der Waals surface area contributed by atoms with Gasteiger partial charge < -0.3 is 4.74 Å². The minimum atomic E-state index is 0.364. The Balaban J connectivity index is 2.03.